The Kier molecular flexibility index (Phi) is 6.17. The second kappa shape index (κ2) is 9.29. The first-order valence-corrected chi connectivity index (χ1v) is 12.4. The smallest absolute Gasteiger partial charge is 0.316 e. The number of benzene rings is 2. The van der Waals surface area contributed by atoms with Crippen molar-refractivity contribution in [3.05, 3.63) is 54.1 Å². The van der Waals surface area contributed by atoms with Gasteiger partial charge in [-0.2, -0.15) is 0 Å². The Balaban J connectivity index is 1.30. The van der Waals surface area contributed by atoms with Crippen LogP contribution in [-0.4, -0.2) is 30.2 Å². The van der Waals surface area contributed by atoms with Gasteiger partial charge < -0.3 is 9.64 Å². The number of imide groups is 1. The van der Waals surface area contributed by atoms with Gasteiger partial charge in [0.25, 0.3) is 0 Å². The van der Waals surface area contributed by atoms with Gasteiger partial charge in [-0.15, -0.1) is 0 Å². The van der Waals surface area contributed by atoms with Crippen LogP contribution < -0.4 is 14.5 Å². The van der Waals surface area contributed by atoms with Gasteiger partial charge in [-0.25, -0.2) is 4.90 Å². The average molecular weight is 475 g/mol. The van der Waals surface area contributed by atoms with E-state index in [1.165, 1.54) is 4.90 Å². The van der Waals surface area contributed by atoms with E-state index in [-0.39, 0.29) is 48.3 Å². The van der Waals surface area contributed by atoms with E-state index in [4.69, 9.17) is 4.74 Å². The van der Waals surface area contributed by atoms with Crippen molar-refractivity contribution >= 4 is 35.1 Å². The van der Waals surface area contributed by atoms with Crippen molar-refractivity contribution in [2.24, 2.45) is 23.7 Å². The second-order valence-corrected chi connectivity index (χ2v) is 9.95. The Morgan fingerprint density at radius 2 is 1.77 bits per heavy atom. The van der Waals surface area contributed by atoms with E-state index in [2.05, 4.69) is 6.92 Å². The number of fused-ring (bicyclic) bond motifs is 1. The third-order valence-corrected chi connectivity index (χ3v) is 7.60. The van der Waals surface area contributed by atoms with Crippen molar-refractivity contribution in [3.8, 4) is 5.75 Å². The Labute approximate surface area is 205 Å². The molecule has 0 aromatic heterocycles. The molecular formula is C28H30N2O5. The Hall–Kier alpha value is -3.48. The predicted octanol–water partition coefficient (Wildman–Crippen LogP) is 4.13. The number of amides is 3. The molecule has 2 aliphatic heterocycles. The van der Waals surface area contributed by atoms with Gasteiger partial charge in [0.05, 0.1) is 23.4 Å². The fourth-order valence-electron chi connectivity index (χ4n) is 5.70. The summed E-state index contributed by atoms with van der Waals surface area (Å²) in [7, 11) is 0. The van der Waals surface area contributed by atoms with Crippen LogP contribution in [0, 0.1) is 23.7 Å². The monoisotopic (exact) mass is 474 g/mol. The summed E-state index contributed by atoms with van der Waals surface area (Å²) in [6, 6.07) is 14.3. The van der Waals surface area contributed by atoms with E-state index in [1.807, 2.05) is 31.2 Å². The summed E-state index contributed by atoms with van der Waals surface area (Å²) < 4.78 is 5.63. The van der Waals surface area contributed by atoms with Gasteiger partial charge in [-0.1, -0.05) is 38.1 Å². The number of carbonyl (C=O) groups is 4. The van der Waals surface area contributed by atoms with Crippen LogP contribution in [0.4, 0.5) is 11.4 Å². The number of para-hydroxylation sites is 1. The van der Waals surface area contributed by atoms with Crippen LogP contribution in [0.5, 0.6) is 5.75 Å². The van der Waals surface area contributed by atoms with E-state index < -0.39 is 11.9 Å². The van der Waals surface area contributed by atoms with Gasteiger partial charge in [0.2, 0.25) is 17.7 Å². The molecule has 3 fully saturated rings. The molecule has 1 aliphatic carbocycles. The molecule has 3 amide bonds. The van der Waals surface area contributed by atoms with Crippen molar-refractivity contribution in [1.82, 2.24) is 0 Å². The normalized spacial score (nSPS) is 26.3. The molecular weight excluding hydrogens is 444 g/mol. The first-order valence-electron chi connectivity index (χ1n) is 12.4. The number of nitrogens with zero attached hydrogens (tertiary/aromatic N) is 2. The van der Waals surface area contributed by atoms with E-state index in [0.29, 0.717) is 11.6 Å². The maximum Gasteiger partial charge on any atom is 0.316 e. The Morgan fingerprint density at radius 3 is 2.57 bits per heavy atom. The number of hydrogen-bond donors (Lipinski definition) is 0. The molecule has 7 nitrogen and oxygen atoms in total. The minimum Gasteiger partial charge on any atom is -0.426 e. The summed E-state index contributed by atoms with van der Waals surface area (Å²) in [5.74, 6) is -1.35. The molecule has 2 saturated heterocycles. The summed E-state index contributed by atoms with van der Waals surface area (Å²) in [5, 5.41) is 0. The highest BCUT2D eigenvalue weighted by Gasteiger charge is 2.50. The highest BCUT2D eigenvalue weighted by atomic mass is 16.5. The van der Waals surface area contributed by atoms with Crippen molar-refractivity contribution in [3.63, 3.8) is 0 Å². The van der Waals surface area contributed by atoms with Crippen molar-refractivity contribution in [1.29, 1.82) is 0 Å². The standard InChI is InChI=1S/C28H30N2O5/c1-3-18-7-4-5-10-24(18)29-16-19(14-25(29)31)28(34)35-21-9-6-8-20(15-21)30-26(32)22-12-11-17(2)13-23(22)27(30)33/h4-10,15,17,19,22-23H,3,11-14,16H2,1-2H3/t17-,19-,22-,23-/m1/s1. The lowest BCUT2D eigenvalue weighted by Crippen LogP contribution is -2.31. The molecule has 0 N–H and O–H groups in total. The maximum atomic E-state index is 13.1. The molecule has 0 bridgehead atoms. The van der Waals surface area contributed by atoms with Gasteiger partial charge in [0.15, 0.2) is 0 Å². The highest BCUT2D eigenvalue weighted by Crippen LogP contribution is 2.42. The van der Waals surface area contributed by atoms with Crippen LogP contribution in [0.15, 0.2) is 48.5 Å². The average Bonchev–Trinajstić information content (AvgIpc) is 3.36. The minimum atomic E-state index is -0.588. The van der Waals surface area contributed by atoms with Crippen LogP contribution >= 0.6 is 0 Å². The van der Waals surface area contributed by atoms with Crippen molar-refractivity contribution < 1.29 is 23.9 Å². The van der Waals surface area contributed by atoms with Gasteiger partial charge in [0.1, 0.15) is 5.75 Å². The second-order valence-electron chi connectivity index (χ2n) is 9.95. The first-order chi connectivity index (χ1) is 16.9. The van der Waals surface area contributed by atoms with Crippen LogP contribution in [0.3, 0.4) is 0 Å². The number of carbonyl (C=O) groups excluding carboxylic acids is 4. The van der Waals surface area contributed by atoms with E-state index in [9.17, 15) is 19.2 Å². The first kappa shape index (κ1) is 23.3. The zero-order valence-corrected chi connectivity index (χ0v) is 20.1. The van der Waals surface area contributed by atoms with Crippen LogP contribution in [0.2, 0.25) is 0 Å². The quantitative estimate of drug-likeness (QED) is 0.370. The fourth-order valence-corrected chi connectivity index (χ4v) is 5.70. The number of esters is 1. The maximum absolute atomic E-state index is 13.1. The topological polar surface area (TPSA) is 84.0 Å². The number of ether oxygens (including phenoxy) is 1. The zero-order chi connectivity index (χ0) is 24.7. The molecule has 182 valence electrons. The lowest BCUT2D eigenvalue weighted by molar-refractivity contribution is -0.139. The molecule has 2 aromatic carbocycles. The van der Waals surface area contributed by atoms with Crippen LogP contribution in [0.1, 0.15) is 45.1 Å². The molecule has 0 radical (unpaired) electrons. The van der Waals surface area contributed by atoms with Gasteiger partial charge >= 0.3 is 5.97 Å². The highest BCUT2D eigenvalue weighted by molar-refractivity contribution is 6.22. The van der Waals surface area contributed by atoms with Gasteiger partial charge in [-0.05, 0) is 55.4 Å². The van der Waals surface area contributed by atoms with Gasteiger partial charge in [0, 0.05) is 24.7 Å². The van der Waals surface area contributed by atoms with Crippen LogP contribution in [-0.2, 0) is 25.6 Å². The lowest BCUT2D eigenvalue weighted by atomic mass is 9.76. The molecule has 35 heavy (non-hydrogen) atoms. The summed E-state index contributed by atoms with van der Waals surface area (Å²) in [6.45, 7) is 4.41. The summed E-state index contributed by atoms with van der Waals surface area (Å²) in [5.41, 5.74) is 2.31. The van der Waals surface area contributed by atoms with E-state index in [1.54, 1.807) is 29.2 Å². The minimum absolute atomic E-state index is 0.0845. The Bertz CT molecular complexity index is 1190. The van der Waals surface area contributed by atoms with Crippen molar-refractivity contribution in [2.45, 2.75) is 46.0 Å². The molecule has 1 saturated carbocycles. The van der Waals surface area contributed by atoms with E-state index in [0.717, 1.165) is 36.9 Å². The number of anilines is 2. The number of aryl methyl sites for hydroxylation is 1. The lowest BCUT2D eigenvalue weighted by Gasteiger charge is -2.25. The summed E-state index contributed by atoms with van der Waals surface area (Å²) in [6.07, 6.45) is 3.28. The Morgan fingerprint density at radius 1 is 1.00 bits per heavy atom. The third-order valence-electron chi connectivity index (χ3n) is 7.60. The molecule has 7 heteroatoms. The van der Waals surface area contributed by atoms with E-state index >= 15 is 0 Å². The number of hydrogen-bond acceptors (Lipinski definition) is 5. The molecule has 4 atom stereocenters. The van der Waals surface area contributed by atoms with Crippen LogP contribution in [0.25, 0.3) is 0 Å². The fraction of sp³-hybridized carbons (Fsp3) is 0.429. The SMILES string of the molecule is CCc1ccccc1N1C[C@H](C(=O)Oc2cccc(N3C(=O)[C@@H]4CC[C@@H](C)C[C@H]4C3=O)c2)CC1=O. The summed E-state index contributed by atoms with van der Waals surface area (Å²) in [4.78, 5) is 54.6. The molecule has 3 aliphatic rings. The van der Waals surface area contributed by atoms with Crippen molar-refractivity contribution in [2.75, 3.05) is 16.3 Å². The predicted molar refractivity (Wildman–Crippen MR) is 131 cm³/mol. The molecule has 0 spiro atoms. The molecule has 2 aromatic rings. The van der Waals surface area contributed by atoms with Gasteiger partial charge in [-0.3, -0.25) is 19.2 Å². The molecule has 5 rings (SSSR count). The number of rotatable bonds is 5. The molecule has 0 unspecified atom stereocenters. The largest absolute Gasteiger partial charge is 0.426 e. The molecule has 2 heterocycles. The zero-order valence-electron chi connectivity index (χ0n) is 20.1. The summed E-state index contributed by atoms with van der Waals surface area (Å²) >= 11 is 0. The third kappa shape index (κ3) is 4.24.